The molecule has 2 aliphatic heterocycles. The van der Waals surface area contributed by atoms with E-state index < -0.39 is 0 Å². The van der Waals surface area contributed by atoms with Crippen LogP contribution >= 0.6 is 0 Å². The Balaban J connectivity index is 1.31. The van der Waals surface area contributed by atoms with E-state index in [1.54, 1.807) is 0 Å². The highest BCUT2D eigenvalue weighted by atomic mass is 16.2. The highest BCUT2D eigenvalue weighted by Gasteiger charge is 2.42. The van der Waals surface area contributed by atoms with E-state index in [0.717, 1.165) is 63.7 Å². The second-order valence-electron chi connectivity index (χ2n) is 8.35. The number of likely N-dealkylation sites (tertiary alicyclic amines) is 2. The second-order valence-corrected chi connectivity index (χ2v) is 8.35. The number of aromatic nitrogens is 2. The third kappa shape index (κ3) is 4.02. The number of hydrogen-bond donors (Lipinski definition) is 0. The van der Waals surface area contributed by atoms with Crippen molar-refractivity contribution in [3.63, 3.8) is 0 Å². The van der Waals surface area contributed by atoms with Crippen molar-refractivity contribution in [2.75, 3.05) is 26.2 Å². The zero-order chi connectivity index (χ0) is 17.3. The Hall–Kier alpha value is -1.49. The Kier molecular flexibility index (Phi) is 4.76. The van der Waals surface area contributed by atoms with Gasteiger partial charge in [0, 0.05) is 50.4 Å². The van der Waals surface area contributed by atoms with E-state index >= 15 is 0 Å². The average Bonchev–Trinajstić information content (AvgIpc) is 3.45. The van der Waals surface area contributed by atoms with Crippen LogP contribution in [0.4, 0.5) is 0 Å². The third-order valence-electron chi connectivity index (χ3n) is 6.32. The van der Waals surface area contributed by atoms with Crippen LogP contribution in [0.2, 0.25) is 0 Å². The molecular weight excluding hydrogens is 312 g/mol. The van der Waals surface area contributed by atoms with Crippen LogP contribution in [0.3, 0.4) is 0 Å². The highest BCUT2D eigenvalue weighted by molar-refractivity contribution is 5.77. The van der Waals surface area contributed by atoms with Gasteiger partial charge < -0.3 is 4.90 Å². The predicted molar refractivity (Wildman–Crippen MR) is 96.9 cm³/mol. The van der Waals surface area contributed by atoms with Crippen LogP contribution in [0, 0.1) is 11.3 Å². The molecule has 3 fully saturated rings. The number of carbonyl (C=O) groups is 1. The summed E-state index contributed by atoms with van der Waals surface area (Å²) < 4.78 is 0. The Morgan fingerprint density at radius 3 is 2.52 bits per heavy atom. The smallest absolute Gasteiger partial charge is 0.222 e. The molecule has 136 valence electrons. The van der Waals surface area contributed by atoms with E-state index in [2.05, 4.69) is 26.7 Å². The molecule has 1 aromatic rings. The number of rotatable bonds is 5. The fraction of sp³-hybridized carbons (Fsp3) is 0.750. The summed E-state index contributed by atoms with van der Waals surface area (Å²) in [5.74, 6) is 2.11. The Bertz CT molecular complexity index is 603. The number of amides is 1. The molecule has 1 spiro atoms. The second kappa shape index (κ2) is 7.02. The molecule has 5 heteroatoms. The van der Waals surface area contributed by atoms with Crippen molar-refractivity contribution < 1.29 is 4.79 Å². The molecule has 0 unspecified atom stereocenters. The van der Waals surface area contributed by atoms with Crippen molar-refractivity contribution in [3.8, 4) is 0 Å². The van der Waals surface area contributed by atoms with Gasteiger partial charge in [-0.05, 0) is 56.5 Å². The predicted octanol–water partition coefficient (Wildman–Crippen LogP) is 2.65. The molecule has 25 heavy (non-hydrogen) atoms. The minimum Gasteiger partial charge on any atom is -0.342 e. The van der Waals surface area contributed by atoms with E-state index in [9.17, 15) is 4.79 Å². The highest BCUT2D eigenvalue weighted by Crippen LogP contribution is 2.41. The summed E-state index contributed by atoms with van der Waals surface area (Å²) in [7, 11) is 0. The maximum atomic E-state index is 12.2. The summed E-state index contributed by atoms with van der Waals surface area (Å²) in [6.45, 7) is 7.31. The molecule has 1 aromatic heterocycles. The third-order valence-corrected chi connectivity index (χ3v) is 6.32. The van der Waals surface area contributed by atoms with Gasteiger partial charge >= 0.3 is 0 Å². The first-order chi connectivity index (χ1) is 12.2. The van der Waals surface area contributed by atoms with Crippen molar-refractivity contribution >= 4 is 5.91 Å². The van der Waals surface area contributed by atoms with Crippen LogP contribution in [0.15, 0.2) is 12.4 Å². The van der Waals surface area contributed by atoms with Crippen LogP contribution in [-0.4, -0.2) is 51.9 Å². The molecule has 0 atom stereocenters. The number of carbonyl (C=O) groups excluding carboxylic acids is 1. The van der Waals surface area contributed by atoms with Crippen molar-refractivity contribution in [1.82, 2.24) is 19.8 Å². The van der Waals surface area contributed by atoms with Gasteiger partial charge in [0.1, 0.15) is 5.82 Å². The summed E-state index contributed by atoms with van der Waals surface area (Å²) >= 11 is 0. The quantitative estimate of drug-likeness (QED) is 0.825. The lowest BCUT2D eigenvalue weighted by molar-refractivity contribution is -0.139. The Morgan fingerprint density at radius 1 is 1.16 bits per heavy atom. The van der Waals surface area contributed by atoms with Gasteiger partial charge in [0.25, 0.3) is 0 Å². The maximum Gasteiger partial charge on any atom is 0.222 e. The van der Waals surface area contributed by atoms with Gasteiger partial charge in [-0.25, -0.2) is 9.97 Å². The maximum absolute atomic E-state index is 12.2. The molecule has 4 rings (SSSR count). The molecule has 5 nitrogen and oxygen atoms in total. The van der Waals surface area contributed by atoms with Crippen LogP contribution in [0.5, 0.6) is 0 Å². The molecule has 2 saturated heterocycles. The fourth-order valence-electron chi connectivity index (χ4n) is 4.38. The van der Waals surface area contributed by atoms with Gasteiger partial charge in [0.05, 0.1) is 0 Å². The topological polar surface area (TPSA) is 49.3 Å². The Labute approximate surface area is 150 Å². The molecule has 3 heterocycles. The van der Waals surface area contributed by atoms with E-state index in [0.29, 0.717) is 11.3 Å². The molecule has 1 amide bonds. The molecule has 1 aliphatic carbocycles. The van der Waals surface area contributed by atoms with E-state index in [1.165, 1.54) is 31.2 Å². The van der Waals surface area contributed by atoms with E-state index in [1.807, 2.05) is 12.4 Å². The van der Waals surface area contributed by atoms with E-state index in [-0.39, 0.29) is 0 Å². The van der Waals surface area contributed by atoms with Crippen LogP contribution in [0.25, 0.3) is 0 Å². The molecule has 0 aromatic carbocycles. The number of hydrogen-bond acceptors (Lipinski definition) is 4. The summed E-state index contributed by atoms with van der Waals surface area (Å²) in [5, 5.41) is 0. The molecule has 3 aliphatic rings. The molecule has 1 saturated carbocycles. The number of aryl methyl sites for hydroxylation is 1. The lowest BCUT2D eigenvalue weighted by atomic mass is 9.72. The van der Waals surface area contributed by atoms with Crippen LogP contribution < -0.4 is 0 Å². The largest absolute Gasteiger partial charge is 0.342 e. The fourth-order valence-corrected chi connectivity index (χ4v) is 4.38. The molecule has 0 radical (unpaired) electrons. The van der Waals surface area contributed by atoms with Gasteiger partial charge in [0.2, 0.25) is 5.91 Å². The minimum absolute atomic E-state index is 0.377. The summed E-state index contributed by atoms with van der Waals surface area (Å²) in [4.78, 5) is 25.8. The average molecular weight is 342 g/mol. The SMILES string of the molecule is CCc1ncc(CN2CCC3(CCC(=O)N(CC4CC4)C3)CC2)cn1. The number of nitrogens with zero attached hydrogens (tertiary/aromatic N) is 4. The monoisotopic (exact) mass is 342 g/mol. The minimum atomic E-state index is 0.377. The van der Waals surface area contributed by atoms with Crippen LogP contribution in [-0.2, 0) is 17.8 Å². The van der Waals surface area contributed by atoms with Crippen molar-refractivity contribution in [2.24, 2.45) is 11.3 Å². The van der Waals surface area contributed by atoms with Gasteiger partial charge in [-0.1, -0.05) is 6.92 Å². The summed E-state index contributed by atoms with van der Waals surface area (Å²) in [6, 6.07) is 0. The zero-order valence-electron chi connectivity index (χ0n) is 15.4. The van der Waals surface area contributed by atoms with Crippen LogP contribution in [0.1, 0.15) is 56.8 Å². The van der Waals surface area contributed by atoms with Crippen molar-refractivity contribution in [2.45, 2.75) is 58.4 Å². The normalized spacial score (nSPS) is 24.0. The summed E-state index contributed by atoms with van der Waals surface area (Å²) in [6.07, 6.45) is 11.8. The first-order valence-corrected chi connectivity index (χ1v) is 9.96. The zero-order valence-corrected chi connectivity index (χ0v) is 15.4. The van der Waals surface area contributed by atoms with Crippen molar-refractivity contribution in [3.05, 3.63) is 23.8 Å². The van der Waals surface area contributed by atoms with Gasteiger partial charge in [-0.3, -0.25) is 9.69 Å². The van der Waals surface area contributed by atoms with E-state index in [4.69, 9.17) is 0 Å². The lowest BCUT2D eigenvalue weighted by Crippen LogP contribution is -2.51. The molecular formula is C20H30N4O. The van der Waals surface area contributed by atoms with Gasteiger partial charge in [-0.15, -0.1) is 0 Å². The molecule has 0 bridgehead atoms. The Morgan fingerprint density at radius 2 is 1.88 bits per heavy atom. The lowest BCUT2D eigenvalue weighted by Gasteiger charge is -2.47. The van der Waals surface area contributed by atoms with Gasteiger partial charge in [-0.2, -0.15) is 0 Å². The summed E-state index contributed by atoms with van der Waals surface area (Å²) in [5.41, 5.74) is 1.59. The van der Waals surface area contributed by atoms with Crippen molar-refractivity contribution in [1.29, 1.82) is 0 Å². The first kappa shape index (κ1) is 17.0. The van der Waals surface area contributed by atoms with Gasteiger partial charge in [0.15, 0.2) is 0 Å². The first-order valence-electron chi connectivity index (χ1n) is 9.96. The molecule has 0 N–H and O–H groups in total. The standard InChI is InChI=1S/C20H30N4O/c1-2-18-21-11-17(12-22-18)13-23-9-7-20(8-10-23)6-5-19(25)24(15-20)14-16-3-4-16/h11-12,16H,2-10,13-15H2,1H3. The number of piperidine rings is 2.